The molecule has 1 aromatic rings. The van der Waals surface area contributed by atoms with Gasteiger partial charge in [0.25, 0.3) is 0 Å². The minimum Gasteiger partial charge on any atom is -0.314 e. The highest BCUT2D eigenvalue weighted by atomic mass is 79.9. The summed E-state index contributed by atoms with van der Waals surface area (Å²) in [6.45, 7) is 5.78. The van der Waals surface area contributed by atoms with Gasteiger partial charge < -0.3 is 5.32 Å². The van der Waals surface area contributed by atoms with Crippen LogP contribution in [-0.4, -0.2) is 30.6 Å². The fourth-order valence-corrected chi connectivity index (χ4v) is 2.47. The Balaban J connectivity index is 0.00000144. The molecule has 1 fully saturated rings. The molecule has 96 valence electrons. The lowest BCUT2D eigenvalue weighted by Gasteiger charge is -2.34. The number of nitrogens with zero attached hydrogens (tertiary/aromatic N) is 1. The van der Waals surface area contributed by atoms with E-state index in [4.69, 9.17) is 0 Å². The maximum absolute atomic E-state index is 13.7. The average Bonchev–Trinajstić information content (AvgIpc) is 2.26. The van der Waals surface area contributed by atoms with Crippen molar-refractivity contribution < 1.29 is 4.39 Å². The summed E-state index contributed by atoms with van der Waals surface area (Å²) in [5.41, 5.74) is 0.760. The van der Waals surface area contributed by atoms with Crippen LogP contribution in [0.2, 0.25) is 0 Å². The molecule has 2 nitrogen and oxygen atoms in total. The van der Waals surface area contributed by atoms with E-state index in [1.807, 2.05) is 6.07 Å². The van der Waals surface area contributed by atoms with Crippen molar-refractivity contribution in [3.8, 4) is 0 Å². The molecule has 1 aliphatic rings. The lowest BCUT2D eigenvalue weighted by atomic mass is 10.1. The van der Waals surface area contributed by atoms with E-state index in [0.29, 0.717) is 12.6 Å². The van der Waals surface area contributed by atoms with Gasteiger partial charge in [-0.15, -0.1) is 12.4 Å². The highest BCUT2D eigenvalue weighted by molar-refractivity contribution is 9.10. The summed E-state index contributed by atoms with van der Waals surface area (Å²) < 4.78 is 14.5. The summed E-state index contributed by atoms with van der Waals surface area (Å²) >= 11 is 3.41. The average molecular weight is 324 g/mol. The van der Waals surface area contributed by atoms with Gasteiger partial charge in [-0.3, -0.25) is 4.90 Å². The topological polar surface area (TPSA) is 15.3 Å². The molecule has 0 bridgehead atoms. The van der Waals surface area contributed by atoms with Crippen LogP contribution in [0.4, 0.5) is 4.39 Å². The van der Waals surface area contributed by atoms with Crippen molar-refractivity contribution in [2.45, 2.75) is 19.5 Å². The Bertz CT molecular complexity index is 355. The number of halogens is 3. The van der Waals surface area contributed by atoms with Gasteiger partial charge in [0.05, 0.1) is 0 Å². The molecule has 0 unspecified atom stereocenters. The second kappa shape index (κ2) is 6.69. The summed E-state index contributed by atoms with van der Waals surface area (Å²) in [6.07, 6.45) is 0. The minimum atomic E-state index is -0.125. The molecular formula is C12H17BrClFN2. The van der Waals surface area contributed by atoms with E-state index in [1.54, 1.807) is 6.07 Å². The Morgan fingerprint density at radius 1 is 1.53 bits per heavy atom. The van der Waals surface area contributed by atoms with Gasteiger partial charge in [0.1, 0.15) is 5.82 Å². The maximum atomic E-state index is 13.7. The number of nitrogens with one attached hydrogen (secondary N) is 1. The van der Waals surface area contributed by atoms with E-state index in [9.17, 15) is 4.39 Å². The zero-order chi connectivity index (χ0) is 11.5. The molecule has 5 heteroatoms. The molecule has 0 aromatic heterocycles. The second-order valence-corrected chi connectivity index (χ2v) is 5.08. The third-order valence-corrected chi connectivity index (χ3v) is 3.80. The first kappa shape index (κ1) is 14.9. The second-order valence-electron chi connectivity index (χ2n) is 4.22. The lowest BCUT2D eigenvalue weighted by Crippen LogP contribution is -2.49. The van der Waals surface area contributed by atoms with Gasteiger partial charge in [-0.05, 0) is 19.1 Å². The first-order valence-electron chi connectivity index (χ1n) is 5.56. The number of hydrogen-bond donors (Lipinski definition) is 1. The molecule has 1 heterocycles. The van der Waals surface area contributed by atoms with E-state index in [1.165, 1.54) is 6.07 Å². The van der Waals surface area contributed by atoms with Crippen LogP contribution >= 0.6 is 28.3 Å². The van der Waals surface area contributed by atoms with Crippen molar-refractivity contribution >= 4 is 28.3 Å². The van der Waals surface area contributed by atoms with Gasteiger partial charge in [0.2, 0.25) is 0 Å². The van der Waals surface area contributed by atoms with Crippen molar-refractivity contribution in [2.24, 2.45) is 0 Å². The maximum Gasteiger partial charge on any atom is 0.128 e. The molecule has 0 aliphatic carbocycles. The Labute approximate surface area is 116 Å². The molecular weight excluding hydrogens is 307 g/mol. The summed E-state index contributed by atoms with van der Waals surface area (Å²) in [6, 6.07) is 5.60. The molecule has 0 saturated carbocycles. The van der Waals surface area contributed by atoms with E-state index < -0.39 is 0 Å². The standard InChI is InChI=1S/C12H16BrFN2.ClH/c1-9-7-15-5-6-16(9)8-10-11(13)3-2-4-12(10)14;/h2-4,9,15H,5-8H2,1H3;1H/t9-;/m1./s1. The van der Waals surface area contributed by atoms with Crippen LogP contribution < -0.4 is 5.32 Å². The van der Waals surface area contributed by atoms with Crippen molar-refractivity contribution in [3.63, 3.8) is 0 Å². The minimum absolute atomic E-state index is 0. The number of rotatable bonds is 2. The summed E-state index contributed by atoms with van der Waals surface area (Å²) in [4.78, 5) is 2.31. The van der Waals surface area contributed by atoms with Crippen LogP contribution in [0.25, 0.3) is 0 Å². The van der Waals surface area contributed by atoms with Gasteiger partial charge in [-0.1, -0.05) is 22.0 Å². The van der Waals surface area contributed by atoms with E-state index in [2.05, 4.69) is 33.1 Å². The SMILES string of the molecule is C[C@@H]1CNCCN1Cc1c(F)cccc1Br.Cl. The van der Waals surface area contributed by atoms with Gasteiger partial charge in [-0.25, -0.2) is 4.39 Å². The summed E-state index contributed by atoms with van der Waals surface area (Å²) in [5.74, 6) is -0.125. The molecule has 1 aliphatic heterocycles. The zero-order valence-electron chi connectivity index (χ0n) is 9.75. The number of hydrogen-bond acceptors (Lipinski definition) is 2. The molecule has 0 radical (unpaired) electrons. The van der Waals surface area contributed by atoms with Crippen LogP contribution in [-0.2, 0) is 6.54 Å². The fraction of sp³-hybridized carbons (Fsp3) is 0.500. The predicted molar refractivity (Wildman–Crippen MR) is 74.1 cm³/mol. The summed E-state index contributed by atoms with van der Waals surface area (Å²) in [5, 5.41) is 3.33. The first-order valence-corrected chi connectivity index (χ1v) is 6.35. The van der Waals surface area contributed by atoms with E-state index in [0.717, 1.165) is 29.7 Å². The van der Waals surface area contributed by atoms with Crippen molar-refractivity contribution in [1.29, 1.82) is 0 Å². The molecule has 0 amide bonds. The first-order chi connectivity index (χ1) is 7.68. The van der Waals surface area contributed by atoms with E-state index >= 15 is 0 Å². The fourth-order valence-electron chi connectivity index (χ4n) is 2.00. The van der Waals surface area contributed by atoms with Crippen molar-refractivity contribution in [1.82, 2.24) is 10.2 Å². The van der Waals surface area contributed by atoms with Crippen molar-refractivity contribution in [3.05, 3.63) is 34.1 Å². The smallest absolute Gasteiger partial charge is 0.128 e. The van der Waals surface area contributed by atoms with E-state index in [-0.39, 0.29) is 18.2 Å². The molecule has 17 heavy (non-hydrogen) atoms. The van der Waals surface area contributed by atoms with Gasteiger partial charge in [-0.2, -0.15) is 0 Å². The highest BCUT2D eigenvalue weighted by Gasteiger charge is 2.20. The third kappa shape index (κ3) is 3.65. The van der Waals surface area contributed by atoms with Crippen LogP contribution in [0.15, 0.2) is 22.7 Å². The number of benzene rings is 1. The largest absolute Gasteiger partial charge is 0.314 e. The summed E-state index contributed by atoms with van der Waals surface area (Å²) in [7, 11) is 0. The van der Waals surface area contributed by atoms with Gasteiger partial charge in [0.15, 0.2) is 0 Å². The van der Waals surface area contributed by atoms with Gasteiger partial charge >= 0.3 is 0 Å². The molecule has 1 N–H and O–H groups in total. The molecule has 0 spiro atoms. The molecule has 2 rings (SSSR count). The Kier molecular flexibility index (Phi) is 5.86. The Morgan fingerprint density at radius 3 is 2.94 bits per heavy atom. The van der Waals surface area contributed by atoms with Crippen LogP contribution in [0.5, 0.6) is 0 Å². The van der Waals surface area contributed by atoms with Crippen LogP contribution in [0.1, 0.15) is 12.5 Å². The predicted octanol–water partition coefficient (Wildman–Crippen LogP) is 2.80. The Hall–Kier alpha value is -0.160. The van der Waals surface area contributed by atoms with Gasteiger partial charge in [0, 0.05) is 42.3 Å². The molecule has 1 aromatic carbocycles. The third-order valence-electron chi connectivity index (χ3n) is 3.06. The normalized spacial score (nSPS) is 21.0. The number of piperazine rings is 1. The van der Waals surface area contributed by atoms with Crippen LogP contribution in [0.3, 0.4) is 0 Å². The quantitative estimate of drug-likeness (QED) is 0.900. The van der Waals surface area contributed by atoms with Crippen LogP contribution in [0, 0.1) is 5.82 Å². The zero-order valence-corrected chi connectivity index (χ0v) is 12.2. The Morgan fingerprint density at radius 2 is 2.29 bits per heavy atom. The lowest BCUT2D eigenvalue weighted by molar-refractivity contribution is 0.163. The highest BCUT2D eigenvalue weighted by Crippen LogP contribution is 2.22. The monoisotopic (exact) mass is 322 g/mol. The molecule has 1 saturated heterocycles. The van der Waals surface area contributed by atoms with Crippen molar-refractivity contribution in [2.75, 3.05) is 19.6 Å². The molecule has 1 atom stereocenters.